The molecule has 1 aromatic carbocycles. The van der Waals surface area contributed by atoms with Gasteiger partial charge >= 0.3 is 0 Å². The minimum Gasteiger partial charge on any atom is -0.385 e. The zero-order valence-corrected chi connectivity index (χ0v) is 10.3. The van der Waals surface area contributed by atoms with E-state index in [1.165, 1.54) is 5.56 Å². The zero-order valence-electron chi connectivity index (χ0n) is 10.3. The van der Waals surface area contributed by atoms with Gasteiger partial charge in [0.05, 0.1) is 0 Å². The van der Waals surface area contributed by atoms with Crippen LogP contribution in [0.1, 0.15) is 24.5 Å². The molecule has 1 rings (SSSR count). The topological polar surface area (TPSA) is 26.3 Å². The molecule has 0 fully saturated rings. The van der Waals surface area contributed by atoms with Gasteiger partial charge in [-0.05, 0) is 24.5 Å². The summed E-state index contributed by atoms with van der Waals surface area (Å²) in [6.45, 7) is 4.67. The van der Waals surface area contributed by atoms with Crippen LogP contribution in [0.15, 0.2) is 24.3 Å². The SMILES string of the molecule is COCCC(C)C(=O)Cc1ccccc1C. The number of benzene rings is 1. The van der Waals surface area contributed by atoms with Gasteiger partial charge in [0.2, 0.25) is 0 Å². The number of ether oxygens (including phenoxy) is 1. The maximum absolute atomic E-state index is 11.9. The first-order valence-electron chi connectivity index (χ1n) is 5.71. The second-order valence-electron chi connectivity index (χ2n) is 4.25. The average Bonchev–Trinajstić information content (AvgIpc) is 2.28. The van der Waals surface area contributed by atoms with Gasteiger partial charge < -0.3 is 4.74 Å². The van der Waals surface area contributed by atoms with Crippen molar-refractivity contribution in [2.75, 3.05) is 13.7 Å². The molecule has 0 N–H and O–H groups in total. The predicted octanol–water partition coefficient (Wildman–Crippen LogP) is 2.78. The summed E-state index contributed by atoms with van der Waals surface area (Å²) < 4.78 is 4.98. The Morgan fingerprint density at radius 1 is 1.38 bits per heavy atom. The van der Waals surface area contributed by atoms with Crippen molar-refractivity contribution in [3.8, 4) is 0 Å². The molecule has 0 aliphatic heterocycles. The number of Topliss-reactive ketones (excluding diaryl/α,β-unsaturated/α-hetero) is 1. The molecular weight excluding hydrogens is 200 g/mol. The lowest BCUT2D eigenvalue weighted by molar-refractivity contribution is -0.122. The molecule has 0 saturated carbocycles. The van der Waals surface area contributed by atoms with Crippen molar-refractivity contribution < 1.29 is 9.53 Å². The van der Waals surface area contributed by atoms with Crippen LogP contribution < -0.4 is 0 Å². The highest BCUT2D eigenvalue weighted by Gasteiger charge is 2.13. The smallest absolute Gasteiger partial charge is 0.140 e. The van der Waals surface area contributed by atoms with E-state index in [1.54, 1.807) is 7.11 Å². The van der Waals surface area contributed by atoms with Crippen molar-refractivity contribution in [3.05, 3.63) is 35.4 Å². The minimum absolute atomic E-state index is 0.0829. The Kier molecular flexibility index (Phi) is 5.20. The van der Waals surface area contributed by atoms with Gasteiger partial charge in [-0.3, -0.25) is 4.79 Å². The number of ketones is 1. The monoisotopic (exact) mass is 220 g/mol. The van der Waals surface area contributed by atoms with Crippen LogP contribution >= 0.6 is 0 Å². The van der Waals surface area contributed by atoms with E-state index in [9.17, 15) is 4.79 Å². The van der Waals surface area contributed by atoms with Gasteiger partial charge in [-0.1, -0.05) is 31.2 Å². The first-order chi connectivity index (χ1) is 7.65. The largest absolute Gasteiger partial charge is 0.385 e. The van der Waals surface area contributed by atoms with Gasteiger partial charge in [0.25, 0.3) is 0 Å². The zero-order chi connectivity index (χ0) is 12.0. The number of carbonyl (C=O) groups excluding carboxylic acids is 1. The summed E-state index contributed by atoms with van der Waals surface area (Å²) in [5, 5.41) is 0. The molecule has 0 bridgehead atoms. The molecule has 0 amide bonds. The summed E-state index contributed by atoms with van der Waals surface area (Å²) >= 11 is 0. The fourth-order valence-corrected chi connectivity index (χ4v) is 1.63. The van der Waals surface area contributed by atoms with E-state index < -0.39 is 0 Å². The minimum atomic E-state index is 0.0829. The quantitative estimate of drug-likeness (QED) is 0.737. The number of hydrogen-bond acceptors (Lipinski definition) is 2. The maximum atomic E-state index is 11.9. The van der Waals surface area contributed by atoms with Gasteiger partial charge in [0.1, 0.15) is 5.78 Å². The van der Waals surface area contributed by atoms with E-state index in [-0.39, 0.29) is 5.92 Å². The Morgan fingerprint density at radius 2 is 2.06 bits per heavy atom. The summed E-state index contributed by atoms with van der Waals surface area (Å²) in [4.78, 5) is 11.9. The van der Waals surface area contributed by atoms with E-state index in [0.29, 0.717) is 18.8 Å². The fraction of sp³-hybridized carbons (Fsp3) is 0.500. The van der Waals surface area contributed by atoms with Gasteiger partial charge in [0, 0.05) is 26.1 Å². The van der Waals surface area contributed by atoms with Crippen molar-refractivity contribution in [1.82, 2.24) is 0 Å². The standard InChI is InChI=1S/C14H20O2/c1-11-6-4-5-7-13(11)10-14(15)12(2)8-9-16-3/h4-7,12H,8-10H2,1-3H3. The van der Waals surface area contributed by atoms with Crippen molar-refractivity contribution in [2.24, 2.45) is 5.92 Å². The highest BCUT2D eigenvalue weighted by atomic mass is 16.5. The van der Waals surface area contributed by atoms with Crippen molar-refractivity contribution >= 4 is 5.78 Å². The highest BCUT2D eigenvalue weighted by Crippen LogP contribution is 2.12. The van der Waals surface area contributed by atoms with Crippen LogP contribution in [0.5, 0.6) is 0 Å². The molecule has 0 spiro atoms. The van der Waals surface area contributed by atoms with Gasteiger partial charge in [-0.25, -0.2) is 0 Å². The number of methoxy groups -OCH3 is 1. The van der Waals surface area contributed by atoms with Crippen molar-refractivity contribution in [3.63, 3.8) is 0 Å². The third-order valence-corrected chi connectivity index (χ3v) is 2.93. The van der Waals surface area contributed by atoms with Crippen LogP contribution in [0.25, 0.3) is 0 Å². The molecule has 1 atom stereocenters. The lowest BCUT2D eigenvalue weighted by atomic mass is 9.95. The summed E-state index contributed by atoms with van der Waals surface area (Å²) in [7, 11) is 1.67. The van der Waals surface area contributed by atoms with Gasteiger partial charge in [-0.15, -0.1) is 0 Å². The number of hydrogen-bond donors (Lipinski definition) is 0. The highest BCUT2D eigenvalue weighted by molar-refractivity contribution is 5.83. The maximum Gasteiger partial charge on any atom is 0.140 e. The van der Waals surface area contributed by atoms with E-state index in [1.807, 2.05) is 38.1 Å². The second-order valence-corrected chi connectivity index (χ2v) is 4.25. The number of rotatable bonds is 6. The van der Waals surface area contributed by atoms with E-state index in [0.717, 1.165) is 12.0 Å². The molecular formula is C14H20O2. The van der Waals surface area contributed by atoms with Crippen LogP contribution in [-0.4, -0.2) is 19.5 Å². The molecule has 0 heterocycles. The molecule has 88 valence electrons. The average molecular weight is 220 g/mol. The van der Waals surface area contributed by atoms with E-state index >= 15 is 0 Å². The van der Waals surface area contributed by atoms with Crippen molar-refractivity contribution in [2.45, 2.75) is 26.7 Å². The molecule has 2 heteroatoms. The molecule has 0 aromatic heterocycles. The molecule has 2 nitrogen and oxygen atoms in total. The van der Waals surface area contributed by atoms with Gasteiger partial charge in [-0.2, -0.15) is 0 Å². The molecule has 1 aromatic rings. The van der Waals surface area contributed by atoms with Crippen LogP contribution in [-0.2, 0) is 16.0 Å². The van der Waals surface area contributed by atoms with Crippen LogP contribution in [0.2, 0.25) is 0 Å². The number of aryl methyl sites for hydroxylation is 1. The van der Waals surface area contributed by atoms with Gasteiger partial charge in [0.15, 0.2) is 0 Å². The Bertz CT molecular complexity index is 344. The molecule has 1 unspecified atom stereocenters. The third-order valence-electron chi connectivity index (χ3n) is 2.93. The Labute approximate surface area is 97.6 Å². The summed E-state index contributed by atoms with van der Waals surface area (Å²) in [6.07, 6.45) is 1.35. The first kappa shape index (κ1) is 12.9. The summed E-state index contributed by atoms with van der Waals surface area (Å²) in [5.41, 5.74) is 2.33. The molecule has 0 radical (unpaired) electrons. The molecule has 0 aliphatic carbocycles. The summed E-state index contributed by atoms with van der Waals surface area (Å²) in [6, 6.07) is 8.05. The second kappa shape index (κ2) is 6.44. The van der Waals surface area contributed by atoms with Crippen LogP contribution in [0.4, 0.5) is 0 Å². The van der Waals surface area contributed by atoms with E-state index in [2.05, 4.69) is 0 Å². The normalized spacial score (nSPS) is 12.4. The molecule has 16 heavy (non-hydrogen) atoms. The number of carbonyl (C=O) groups is 1. The Morgan fingerprint density at radius 3 is 2.69 bits per heavy atom. The Balaban J connectivity index is 2.54. The fourth-order valence-electron chi connectivity index (χ4n) is 1.63. The summed E-state index contributed by atoms with van der Waals surface area (Å²) in [5.74, 6) is 0.380. The van der Waals surface area contributed by atoms with Crippen LogP contribution in [0, 0.1) is 12.8 Å². The van der Waals surface area contributed by atoms with Crippen LogP contribution in [0.3, 0.4) is 0 Å². The first-order valence-corrected chi connectivity index (χ1v) is 5.71. The van der Waals surface area contributed by atoms with E-state index in [4.69, 9.17) is 4.74 Å². The Hall–Kier alpha value is -1.15. The lowest BCUT2D eigenvalue weighted by Gasteiger charge is -2.10. The third kappa shape index (κ3) is 3.78. The molecule has 0 saturated heterocycles. The molecule has 0 aliphatic rings. The lowest BCUT2D eigenvalue weighted by Crippen LogP contribution is -2.16. The predicted molar refractivity (Wildman–Crippen MR) is 65.5 cm³/mol. The van der Waals surface area contributed by atoms with Crippen molar-refractivity contribution in [1.29, 1.82) is 0 Å².